The standard InChI is InChI=1S/C15H15Cl2N3O2/c16-9-1-4-14(22-6-5-18)11(7-9)15(21)20-13-3-2-10(19)8-12(13)17/h1-4,7-8H,5-6,18-19H2,(H,20,21). The number of nitrogen functional groups attached to an aromatic ring is 1. The Labute approximate surface area is 138 Å². The summed E-state index contributed by atoms with van der Waals surface area (Å²) < 4.78 is 5.45. The van der Waals surface area contributed by atoms with Crippen LogP contribution in [-0.4, -0.2) is 19.1 Å². The van der Waals surface area contributed by atoms with Gasteiger partial charge in [-0.3, -0.25) is 4.79 Å². The molecule has 0 unspecified atom stereocenters. The zero-order chi connectivity index (χ0) is 16.1. The maximum atomic E-state index is 12.4. The van der Waals surface area contributed by atoms with E-state index in [0.717, 1.165) is 0 Å². The van der Waals surface area contributed by atoms with Crippen LogP contribution in [-0.2, 0) is 0 Å². The molecule has 0 saturated heterocycles. The summed E-state index contributed by atoms with van der Waals surface area (Å²) in [4.78, 5) is 12.4. The molecule has 22 heavy (non-hydrogen) atoms. The number of carbonyl (C=O) groups is 1. The molecular weight excluding hydrogens is 325 g/mol. The fourth-order valence-corrected chi connectivity index (χ4v) is 2.21. The summed E-state index contributed by atoms with van der Waals surface area (Å²) >= 11 is 12.0. The Morgan fingerprint density at radius 1 is 1.18 bits per heavy atom. The van der Waals surface area contributed by atoms with E-state index in [1.165, 1.54) is 6.07 Å². The van der Waals surface area contributed by atoms with Gasteiger partial charge >= 0.3 is 0 Å². The number of carbonyl (C=O) groups excluding carboxylic acids is 1. The monoisotopic (exact) mass is 339 g/mol. The number of amides is 1. The molecule has 2 aromatic rings. The summed E-state index contributed by atoms with van der Waals surface area (Å²) in [7, 11) is 0. The quantitative estimate of drug-likeness (QED) is 0.729. The Balaban J connectivity index is 2.26. The minimum Gasteiger partial charge on any atom is -0.491 e. The lowest BCUT2D eigenvalue weighted by atomic mass is 10.1. The molecule has 5 N–H and O–H groups in total. The number of nitrogens with two attached hydrogens (primary N) is 2. The molecule has 2 rings (SSSR count). The van der Waals surface area contributed by atoms with E-state index in [2.05, 4.69) is 5.32 Å². The van der Waals surface area contributed by atoms with Gasteiger partial charge in [0.1, 0.15) is 12.4 Å². The van der Waals surface area contributed by atoms with E-state index in [4.69, 9.17) is 39.4 Å². The molecule has 0 atom stereocenters. The van der Waals surface area contributed by atoms with Gasteiger partial charge in [0.25, 0.3) is 5.91 Å². The highest BCUT2D eigenvalue weighted by Crippen LogP contribution is 2.27. The fourth-order valence-electron chi connectivity index (χ4n) is 1.80. The lowest BCUT2D eigenvalue weighted by Gasteiger charge is -2.12. The number of hydrogen-bond donors (Lipinski definition) is 3. The molecule has 0 bridgehead atoms. The Kier molecular flexibility index (Phi) is 5.49. The lowest BCUT2D eigenvalue weighted by molar-refractivity contribution is 0.102. The molecule has 2 aromatic carbocycles. The smallest absolute Gasteiger partial charge is 0.259 e. The van der Waals surface area contributed by atoms with E-state index >= 15 is 0 Å². The number of rotatable bonds is 5. The number of hydrogen-bond acceptors (Lipinski definition) is 4. The van der Waals surface area contributed by atoms with Crippen molar-refractivity contribution in [2.24, 2.45) is 5.73 Å². The van der Waals surface area contributed by atoms with Crippen LogP contribution in [0.25, 0.3) is 0 Å². The molecule has 0 heterocycles. The second-order valence-electron chi connectivity index (χ2n) is 4.47. The van der Waals surface area contributed by atoms with Crippen molar-refractivity contribution in [1.82, 2.24) is 0 Å². The zero-order valence-electron chi connectivity index (χ0n) is 11.6. The molecule has 0 aromatic heterocycles. The van der Waals surface area contributed by atoms with Crippen molar-refractivity contribution in [3.8, 4) is 5.75 Å². The van der Waals surface area contributed by atoms with Crippen molar-refractivity contribution in [2.45, 2.75) is 0 Å². The number of nitrogens with one attached hydrogen (secondary N) is 1. The minimum atomic E-state index is -0.388. The predicted molar refractivity (Wildman–Crippen MR) is 89.8 cm³/mol. The van der Waals surface area contributed by atoms with Gasteiger partial charge in [-0.25, -0.2) is 0 Å². The average molecular weight is 340 g/mol. The highest BCUT2D eigenvalue weighted by Gasteiger charge is 2.15. The second-order valence-corrected chi connectivity index (χ2v) is 5.31. The molecule has 0 saturated carbocycles. The Morgan fingerprint density at radius 3 is 2.64 bits per heavy atom. The number of anilines is 2. The number of benzene rings is 2. The van der Waals surface area contributed by atoms with E-state index in [-0.39, 0.29) is 5.91 Å². The Hall–Kier alpha value is -1.95. The van der Waals surface area contributed by atoms with Crippen LogP contribution in [0, 0.1) is 0 Å². The van der Waals surface area contributed by atoms with Crippen LogP contribution in [0.15, 0.2) is 36.4 Å². The highest BCUT2D eigenvalue weighted by atomic mass is 35.5. The van der Waals surface area contributed by atoms with E-state index in [1.54, 1.807) is 30.3 Å². The topological polar surface area (TPSA) is 90.4 Å². The van der Waals surface area contributed by atoms with Crippen molar-refractivity contribution < 1.29 is 9.53 Å². The van der Waals surface area contributed by atoms with E-state index in [9.17, 15) is 4.79 Å². The third-order valence-electron chi connectivity index (χ3n) is 2.80. The fraction of sp³-hybridized carbons (Fsp3) is 0.133. The summed E-state index contributed by atoms with van der Waals surface area (Å²) in [5.74, 6) is 0.0140. The molecule has 0 spiro atoms. The average Bonchev–Trinajstić information content (AvgIpc) is 2.48. The molecule has 116 valence electrons. The van der Waals surface area contributed by atoms with Crippen LogP contribution in [0.4, 0.5) is 11.4 Å². The SMILES string of the molecule is NCCOc1ccc(Cl)cc1C(=O)Nc1ccc(N)cc1Cl. The summed E-state index contributed by atoms with van der Waals surface area (Å²) in [5, 5.41) is 3.47. The van der Waals surface area contributed by atoms with E-state index in [1.807, 2.05) is 0 Å². The molecule has 7 heteroatoms. The third kappa shape index (κ3) is 4.04. The predicted octanol–water partition coefficient (Wildman–Crippen LogP) is 3.17. The normalized spacial score (nSPS) is 10.3. The molecule has 0 fully saturated rings. The first kappa shape index (κ1) is 16.4. The molecule has 0 aliphatic carbocycles. The summed E-state index contributed by atoms with van der Waals surface area (Å²) in [5.41, 5.74) is 12.3. The second kappa shape index (κ2) is 7.35. The van der Waals surface area contributed by atoms with Crippen molar-refractivity contribution in [3.05, 3.63) is 52.0 Å². The van der Waals surface area contributed by atoms with Crippen molar-refractivity contribution in [1.29, 1.82) is 0 Å². The van der Waals surface area contributed by atoms with Gasteiger partial charge in [-0.1, -0.05) is 23.2 Å². The van der Waals surface area contributed by atoms with Crippen LogP contribution in [0.1, 0.15) is 10.4 Å². The minimum absolute atomic E-state index is 0.296. The van der Waals surface area contributed by atoms with Crippen LogP contribution in [0.3, 0.4) is 0 Å². The third-order valence-corrected chi connectivity index (χ3v) is 3.35. The van der Waals surface area contributed by atoms with Gasteiger partial charge in [-0.2, -0.15) is 0 Å². The Morgan fingerprint density at radius 2 is 1.95 bits per heavy atom. The lowest BCUT2D eigenvalue weighted by Crippen LogP contribution is -2.16. The largest absolute Gasteiger partial charge is 0.491 e. The molecular formula is C15H15Cl2N3O2. The number of halogens is 2. The summed E-state index contributed by atoms with van der Waals surface area (Å²) in [6.45, 7) is 0.637. The maximum Gasteiger partial charge on any atom is 0.259 e. The van der Waals surface area contributed by atoms with Gasteiger partial charge in [0.15, 0.2) is 0 Å². The van der Waals surface area contributed by atoms with Gasteiger partial charge in [-0.15, -0.1) is 0 Å². The molecule has 0 radical (unpaired) electrons. The van der Waals surface area contributed by atoms with E-state index < -0.39 is 0 Å². The van der Waals surface area contributed by atoms with E-state index in [0.29, 0.717) is 45.9 Å². The first-order chi connectivity index (χ1) is 10.5. The van der Waals surface area contributed by atoms with Gasteiger partial charge in [0.2, 0.25) is 0 Å². The number of ether oxygens (including phenoxy) is 1. The zero-order valence-corrected chi connectivity index (χ0v) is 13.1. The molecule has 0 aliphatic rings. The summed E-state index contributed by atoms with van der Waals surface area (Å²) in [6, 6.07) is 9.61. The molecule has 5 nitrogen and oxygen atoms in total. The van der Waals surface area contributed by atoms with Gasteiger partial charge in [0, 0.05) is 17.3 Å². The van der Waals surface area contributed by atoms with Crippen LogP contribution < -0.4 is 21.5 Å². The first-order valence-electron chi connectivity index (χ1n) is 6.50. The van der Waals surface area contributed by atoms with Gasteiger partial charge in [0.05, 0.1) is 16.3 Å². The molecule has 0 aliphatic heterocycles. The van der Waals surface area contributed by atoms with Crippen molar-refractivity contribution >= 4 is 40.5 Å². The van der Waals surface area contributed by atoms with Gasteiger partial charge < -0.3 is 21.5 Å². The van der Waals surface area contributed by atoms with Gasteiger partial charge in [-0.05, 0) is 36.4 Å². The highest BCUT2D eigenvalue weighted by molar-refractivity contribution is 6.34. The van der Waals surface area contributed by atoms with Crippen molar-refractivity contribution in [2.75, 3.05) is 24.2 Å². The molecule has 1 amide bonds. The maximum absolute atomic E-state index is 12.4. The first-order valence-corrected chi connectivity index (χ1v) is 7.25. The summed E-state index contributed by atoms with van der Waals surface area (Å²) in [6.07, 6.45) is 0. The van der Waals surface area contributed by atoms with Crippen LogP contribution >= 0.6 is 23.2 Å². The van der Waals surface area contributed by atoms with Crippen LogP contribution in [0.5, 0.6) is 5.75 Å². The van der Waals surface area contributed by atoms with Crippen molar-refractivity contribution in [3.63, 3.8) is 0 Å². The Bertz CT molecular complexity index is 692. The van der Waals surface area contributed by atoms with Crippen LogP contribution in [0.2, 0.25) is 10.0 Å².